The van der Waals surface area contributed by atoms with Crippen molar-refractivity contribution in [2.75, 3.05) is 6.54 Å². The Morgan fingerprint density at radius 1 is 0.632 bits per heavy atom. The maximum absolute atomic E-state index is 13.3. The lowest BCUT2D eigenvalue weighted by Crippen LogP contribution is -2.76. The second-order valence-electron chi connectivity index (χ2n) is 6.49. The zero-order valence-corrected chi connectivity index (χ0v) is 17.7. The molecular formula is C13H9F20NO3S. The van der Waals surface area contributed by atoms with Crippen molar-refractivity contribution in [1.29, 1.82) is 0 Å². The fraction of sp³-hybridized carbons (Fsp3) is 0.846. The van der Waals surface area contributed by atoms with Gasteiger partial charge in [-0.15, -0.1) is 6.58 Å². The highest BCUT2D eigenvalue weighted by Crippen LogP contribution is 2.65. The summed E-state index contributed by atoms with van der Waals surface area (Å²) in [5, 5.41) is -7.99. The van der Waals surface area contributed by atoms with E-state index in [4.69, 9.17) is 10.3 Å². The SMILES string of the molecule is C=CCN.O=S(=O)(O)C(F)(F)C(F)(F)C(F)(F)C(F)(F)C(F)(F)C(F)(F)C(F)(F)C(F)(F)C(F)C(F)(F)F. The maximum atomic E-state index is 13.3. The average molecular weight is 639 g/mol. The molecule has 4 nitrogen and oxygen atoms in total. The van der Waals surface area contributed by atoms with Gasteiger partial charge in [-0.25, -0.2) is 4.39 Å². The van der Waals surface area contributed by atoms with Crippen LogP contribution in [0, 0.1) is 0 Å². The second-order valence-corrected chi connectivity index (χ2v) is 7.95. The van der Waals surface area contributed by atoms with Gasteiger partial charge in [0.2, 0.25) is 0 Å². The van der Waals surface area contributed by atoms with E-state index in [-0.39, 0.29) is 0 Å². The highest BCUT2D eigenvalue weighted by molar-refractivity contribution is 7.87. The van der Waals surface area contributed by atoms with Gasteiger partial charge in [0.15, 0.2) is 0 Å². The van der Waals surface area contributed by atoms with Crippen LogP contribution in [0.1, 0.15) is 0 Å². The highest BCUT2D eigenvalue weighted by Gasteiger charge is 2.96. The van der Waals surface area contributed by atoms with Gasteiger partial charge in [0.1, 0.15) is 0 Å². The van der Waals surface area contributed by atoms with Gasteiger partial charge in [-0.2, -0.15) is 91.8 Å². The molecule has 0 amide bonds. The van der Waals surface area contributed by atoms with Crippen molar-refractivity contribution in [2.24, 2.45) is 5.73 Å². The third-order valence-corrected chi connectivity index (χ3v) is 4.76. The lowest BCUT2D eigenvalue weighted by molar-refractivity contribution is -0.455. The van der Waals surface area contributed by atoms with E-state index >= 15 is 0 Å². The molecule has 230 valence electrons. The summed E-state index contributed by atoms with van der Waals surface area (Å²) in [6, 6.07) is 0. The van der Waals surface area contributed by atoms with E-state index < -0.39 is 69.2 Å². The largest absolute Gasteiger partial charge is 0.438 e. The molecule has 0 radical (unpaired) electrons. The van der Waals surface area contributed by atoms with Crippen LogP contribution in [0.2, 0.25) is 0 Å². The van der Waals surface area contributed by atoms with Gasteiger partial charge in [-0.1, -0.05) is 6.08 Å². The minimum absolute atomic E-state index is 0.583. The van der Waals surface area contributed by atoms with Crippen molar-refractivity contribution in [3.63, 3.8) is 0 Å². The number of hydrogen-bond acceptors (Lipinski definition) is 3. The van der Waals surface area contributed by atoms with Crippen LogP contribution in [-0.2, 0) is 10.1 Å². The van der Waals surface area contributed by atoms with Crippen molar-refractivity contribution in [1.82, 2.24) is 0 Å². The molecule has 0 aliphatic heterocycles. The van der Waals surface area contributed by atoms with E-state index in [2.05, 4.69) is 6.58 Å². The first-order chi connectivity index (χ1) is 16.1. The zero-order valence-electron chi connectivity index (χ0n) is 16.9. The van der Waals surface area contributed by atoms with Crippen molar-refractivity contribution in [3.05, 3.63) is 12.7 Å². The molecule has 0 saturated carbocycles. The van der Waals surface area contributed by atoms with Gasteiger partial charge in [0.05, 0.1) is 0 Å². The zero-order chi connectivity index (χ0) is 32.0. The summed E-state index contributed by atoms with van der Waals surface area (Å²) in [5.41, 5.74) is 4.91. The number of alkyl halides is 20. The molecule has 0 aromatic carbocycles. The molecule has 38 heavy (non-hydrogen) atoms. The van der Waals surface area contributed by atoms with E-state index in [1.54, 1.807) is 6.08 Å². The average Bonchev–Trinajstić information content (AvgIpc) is 2.70. The van der Waals surface area contributed by atoms with E-state index in [1.807, 2.05) is 0 Å². The minimum Gasteiger partial charge on any atom is -0.327 e. The van der Waals surface area contributed by atoms with Crippen LogP contribution in [0.5, 0.6) is 0 Å². The monoisotopic (exact) mass is 639 g/mol. The fourth-order valence-electron chi connectivity index (χ4n) is 1.71. The van der Waals surface area contributed by atoms with Gasteiger partial charge in [0, 0.05) is 6.54 Å². The molecule has 1 atom stereocenters. The van der Waals surface area contributed by atoms with E-state index in [0.717, 1.165) is 0 Å². The summed E-state index contributed by atoms with van der Waals surface area (Å²) in [6.45, 7) is 3.94. The summed E-state index contributed by atoms with van der Waals surface area (Å²) in [4.78, 5) is 0. The molecule has 0 aromatic heterocycles. The first-order valence-corrected chi connectivity index (χ1v) is 9.52. The minimum atomic E-state index is -9.19. The van der Waals surface area contributed by atoms with E-state index in [1.165, 1.54) is 0 Å². The van der Waals surface area contributed by atoms with E-state index in [9.17, 15) is 96.2 Å². The van der Waals surface area contributed by atoms with Crippen molar-refractivity contribution in [2.45, 2.75) is 59.1 Å². The first kappa shape index (κ1) is 38.4. The molecule has 25 heteroatoms. The first-order valence-electron chi connectivity index (χ1n) is 8.08. The molecule has 0 rings (SSSR count). The topological polar surface area (TPSA) is 80.4 Å². The van der Waals surface area contributed by atoms with Gasteiger partial charge >= 0.3 is 63.0 Å². The molecule has 0 aliphatic carbocycles. The standard InChI is InChI=1S/C10H2F20O3S.C3H7N/c11-1(3(14,15)16)2(12,13)4(17,18)5(19,20)6(21,22)7(23,24)8(25,26)9(27,28)10(29,30)34(31,32)33;1-2-3-4/h1H,(H,31,32,33);2H,1,3-4H2. The normalized spacial score (nSPS) is 16.5. The van der Waals surface area contributed by atoms with Gasteiger partial charge in [0.25, 0.3) is 6.17 Å². The van der Waals surface area contributed by atoms with Crippen LogP contribution in [0.25, 0.3) is 0 Å². The lowest BCUT2D eigenvalue weighted by atomic mass is 9.88. The Labute approximate surface area is 196 Å². The molecule has 0 heterocycles. The Balaban J connectivity index is 0. The summed E-state index contributed by atoms with van der Waals surface area (Å²) < 4.78 is 286. The summed E-state index contributed by atoms with van der Waals surface area (Å²) in [6.07, 6.45) is -12.3. The van der Waals surface area contributed by atoms with Crippen LogP contribution >= 0.6 is 0 Å². The van der Waals surface area contributed by atoms with Crippen LogP contribution in [-0.4, -0.2) is 78.6 Å². The van der Waals surface area contributed by atoms with Crippen LogP contribution in [0.15, 0.2) is 12.7 Å². The number of rotatable bonds is 10. The maximum Gasteiger partial charge on any atom is 0.438 e. The Kier molecular flexibility index (Phi) is 10.4. The summed E-state index contributed by atoms with van der Waals surface area (Å²) in [5.74, 6) is -62.1. The predicted molar refractivity (Wildman–Crippen MR) is 81.3 cm³/mol. The number of halogens is 20. The predicted octanol–water partition coefficient (Wildman–Crippen LogP) is 5.95. The van der Waals surface area contributed by atoms with Crippen LogP contribution in [0.3, 0.4) is 0 Å². The molecule has 0 aromatic rings. The lowest BCUT2D eigenvalue weighted by Gasteiger charge is -2.43. The van der Waals surface area contributed by atoms with Crippen LogP contribution in [0.4, 0.5) is 87.8 Å². The molecule has 0 bridgehead atoms. The number of hydrogen-bond donors (Lipinski definition) is 2. The Morgan fingerprint density at radius 3 is 1.08 bits per heavy atom. The van der Waals surface area contributed by atoms with Crippen molar-refractivity contribution < 1.29 is 101 Å². The van der Waals surface area contributed by atoms with E-state index in [0.29, 0.717) is 6.54 Å². The van der Waals surface area contributed by atoms with Gasteiger partial charge < -0.3 is 5.73 Å². The molecule has 0 spiro atoms. The van der Waals surface area contributed by atoms with Gasteiger partial charge in [-0.3, -0.25) is 4.55 Å². The molecule has 0 saturated heterocycles. The number of nitrogens with two attached hydrogens (primary N) is 1. The Hall–Kier alpha value is -1.79. The molecule has 1 unspecified atom stereocenters. The smallest absolute Gasteiger partial charge is 0.327 e. The second kappa shape index (κ2) is 10.3. The quantitative estimate of drug-likeness (QED) is 0.176. The van der Waals surface area contributed by atoms with Crippen molar-refractivity contribution >= 4 is 10.1 Å². The highest BCUT2D eigenvalue weighted by atomic mass is 32.2. The van der Waals surface area contributed by atoms with Gasteiger partial charge in [-0.05, 0) is 0 Å². The third kappa shape index (κ3) is 5.45. The molecule has 3 N–H and O–H groups in total. The Bertz CT molecular complexity index is 940. The molecular weight excluding hydrogens is 630 g/mol. The third-order valence-electron chi connectivity index (χ3n) is 3.85. The molecule has 0 fully saturated rings. The fourth-order valence-corrected chi connectivity index (χ4v) is 2.16. The molecule has 0 aliphatic rings. The summed E-state index contributed by atoms with van der Waals surface area (Å²) >= 11 is 0. The summed E-state index contributed by atoms with van der Waals surface area (Å²) in [7, 11) is -8.04. The van der Waals surface area contributed by atoms with Crippen molar-refractivity contribution in [3.8, 4) is 0 Å². The Morgan fingerprint density at radius 2 is 0.868 bits per heavy atom. The van der Waals surface area contributed by atoms with Crippen LogP contribution < -0.4 is 5.73 Å².